The Morgan fingerprint density at radius 1 is 1.14 bits per heavy atom. The lowest BCUT2D eigenvalue weighted by Gasteiger charge is -2.07. The Morgan fingerprint density at radius 2 is 1.57 bits per heavy atom. The molecule has 0 atom stereocenters. The molecule has 0 bridgehead atoms. The van der Waals surface area contributed by atoms with Gasteiger partial charge in [-0.05, 0) is 12.8 Å². The number of hydrogen-bond acceptors (Lipinski definition) is 0. The van der Waals surface area contributed by atoms with Crippen molar-refractivity contribution in [1.82, 2.24) is 0 Å². The van der Waals surface area contributed by atoms with Crippen LogP contribution in [0.25, 0.3) is 0 Å². The standard InChI is InChI=1S/C6H14P/c1-7(2,3)6-4-5-6/h6H,4-5H2,1-3H3/q+1. The predicted octanol–water partition coefficient (Wildman–Crippen LogP) is 2.06. The average Bonchev–Trinajstić information content (AvgIpc) is 1.99. The smallest absolute Gasteiger partial charge is 0.0127 e. The molecule has 1 fully saturated rings. The fraction of sp³-hybridized carbons (Fsp3) is 1.00. The van der Waals surface area contributed by atoms with E-state index in [1.54, 1.807) is 0 Å². The van der Waals surface area contributed by atoms with Crippen LogP contribution in [0.4, 0.5) is 0 Å². The summed E-state index contributed by atoms with van der Waals surface area (Å²) in [7, 11) is -0.377. The van der Waals surface area contributed by atoms with E-state index in [1.807, 2.05) is 0 Å². The fourth-order valence-corrected chi connectivity index (χ4v) is 2.55. The first-order valence-electron chi connectivity index (χ1n) is 2.92. The predicted molar refractivity (Wildman–Crippen MR) is 37.7 cm³/mol. The summed E-state index contributed by atoms with van der Waals surface area (Å²) in [4.78, 5) is 0. The lowest BCUT2D eigenvalue weighted by Crippen LogP contribution is -1.89. The second-order valence-corrected chi connectivity index (χ2v) is 8.31. The van der Waals surface area contributed by atoms with E-state index in [4.69, 9.17) is 0 Å². The first-order chi connectivity index (χ1) is 3.11. The zero-order valence-corrected chi connectivity index (χ0v) is 6.33. The van der Waals surface area contributed by atoms with Crippen molar-refractivity contribution < 1.29 is 0 Å². The van der Waals surface area contributed by atoms with E-state index >= 15 is 0 Å². The molecule has 0 N–H and O–H groups in total. The van der Waals surface area contributed by atoms with Crippen molar-refractivity contribution in [3.05, 3.63) is 0 Å². The summed E-state index contributed by atoms with van der Waals surface area (Å²) in [5.74, 6) is 0. The van der Waals surface area contributed by atoms with Gasteiger partial charge in [-0.1, -0.05) is 0 Å². The fourth-order valence-electron chi connectivity index (χ4n) is 0.849. The maximum Gasteiger partial charge on any atom is 0.0692 e. The minimum absolute atomic E-state index is 0.377. The van der Waals surface area contributed by atoms with Crippen LogP contribution in [0, 0.1) is 0 Å². The van der Waals surface area contributed by atoms with Gasteiger partial charge in [0.25, 0.3) is 0 Å². The summed E-state index contributed by atoms with van der Waals surface area (Å²) in [5, 5.41) is 0. The van der Waals surface area contributed by atoms with E-state index in [9.17, 15) is 0 Å². The molecule has 0 spiro atoms. The Morgan fingerprint density at radius 3 is 1.57 bits per heavy atom. The lowest BCUT2D eigenvalue weighted by atomic mass is 11.0. The Hall–Kier alpha value is 0.430. The van der Waals surface area contributed by atoms with Gasteiger partial charge in [0.05, 0.1) is 5.66 Å². The first kappa shape index (κ1) is 5.56. The third kappa shape index (κ3) is 1.42. The van der Waals surface area contributed by atoms with Crippen LogP contribution in [0.2, 0.25) is 0 Å². The van der Waals surface area contributed by atoms with Crippen LogP contribution in [-0.2, 0) is 0 Å². The summed E-state index contributed by atoms with van der Waals surface area (Å²) in [6, 6.07) is 0. The summed E-state index contributed by atoms with van der Waals surface area (Å²) in [6.07, 6.45) is 3.05. The van der Waals surface area contributed by atoms with Crippen molar-refractivity contribution >= 4 is 7.26 Å². The van der Waals surface area contributed by atoms with Gasteiger partial charge >= 0.3 is 0 Å². The molecule has 1 rings (SSSR count). The molecule has 1 saturated carbocycles. The average molecular weight is 117 g/mol. The molecule has 0 unspecified atom stereocenters. The Balaban J connectivity index is 2.36. The van der Waals surface area contributed by atoms with Crippen molar-refractivity contribution in [2.45, 2.75) is 18.5 Å². The van der Waals surface area contributed by atoms with E-state index in [0.29, 0.717) is 0 Å². The highest BCUT2D eigenvalue weighted by molar-refractivity contribution is 7.74. The van der Waals surface area contributed by atoms with Gasteiger partial charge in [-0.15, -0.1) is 0 Å². The SMILES string of the molecule is C[P+](C)(C)C1CC1. The molecule has 0 aliphatic heterocycles. The summed E-state index contributed by atoms with van der Waals surface area (Å²) >= 11 is 0. The molecule has 0 amide bonds. The van der Waals surface area contributed by atoms with Crippen LogP contribution in [-0.4, -0.2) is 25.7 Å². The second kappa shape index (κ2) is 1.45. The molecular weight excluding hydrogens is 103 g/mol. The van der Waals surface area contributed by atoms with Gasteiger partial charge in [0.1, 0.15) is 0 Å². The Bertz CT molecular complexity index is 66.7. The van der Waals surface area contributed by atoms with E-state index in [0.717, 1.165) is 5.66 Å². The Labute approximate surface area is 46.6 Å². The van der Waals surface area contributed by atoms with Gasteiger partial charge < -0.3 is 0 Å². The van der Waals surface area contributed by atoms with Gasteiger partial charge in [0.2, 0.25) is 0 Å². The van der Waals surface area contributed by atoms with Gasteiger partial charge in [-0.25, -0.2) is 0 Å². The van der Waals surface area contributed by atoms with Crippen molar-refractivity contribution in [2.24, 2.45) is 0 Å². The van der Waals surface area contributed by atoms with E-state index in [2.05, 4.69) is 20.0 Å². The van der Waals surface area contributed by atoms with Crippen molar-refractivity contribution in [3.8, 4) is 0 Å². The molecule has 0 aromatic rings. The zero-order valence-electron chi connectivity index (χ0n) is 5.44. The first-order valence-corrected chi connectivity index (χ1v) is 6.12. The van der Waals surface area contributed by atoms with Crippen molar-refractivity contribution in [3.63, 3.8) is 0 Å². The van der Waals surface area contributed by atoms with Gasteiger partial charge in [0, 0.05) is 27.3 Å². The van der Waals surface area contributed by atoms with Gasteiger partial charge in [-0.3, -0.25) is 0 Å². The van der Waals surface area contributed by atoms with Crippen LogP contribution in [0.5, 0.6) is 0 Å². The molecular formula is C6H14P+. The van der Waals surface area contributed by atoms with E-state index in [1.165, 1.54) is 12.8 Å². The van der Waals surface area contributed by atoms with Crippen molar-refractivity contribution in [1.29, 1.82) is 0 Å². The normalized spacial score (nSPS) is 22.7. The molecule has 0 saturated heterocycles. The second-order valence-electron chi connectivity index (χ2n) is 3.35. The van der Waals surface area contributed by atoms with E-state index < -0.39 is 0 Å². The highest BCUT2D eigenvalue weighted by Crippen LogP contribution is 2.62. The highest BCUT2D eigenvalue weighted by atomic mass is 31.2. The molecule has 7 heavy (non-hydrogen) atoms. The van der Waals surface area contributed by atoms with Crippen LogP contribution in [0.1, 0.15) is 12.8 Å². The molecule has 42 valence electrons. The monoisotopic (exact) mass is 117 g/mol. The van der Waals surface area contributed by atoms with Crippen LogP contribution in [0.3, 0.4) is 0 Å². The maximum atomic E-state index is 2.44. The number of rotatable bonds is 1. The molecule has 1 aliphatic carbocycles. The maximum absolute atomic E-state index is 2.44. The van der Waals surface area contributed by atoms with Gasteiger partial charge in [0.15, 0.2) is 0 Å². The lowest BCUT2D eigenvalue weighted by molar-refractivity contribution is 1.45. The third-order valence-corrected chi connectivity index (χ3v) is 4.35. The minimum Gasteiger partial charge on any atom is -0.0127 e. The van der Waals surface area contributed by atoms with Crippen LogP contribution in [0.15, 0.2) is 0 Å². The van der Waals surface area contributed by atoms with Crippen LogP contribution >= 0.6 is 7.26 Å². The quantitative estimate of drug-likeness (QED) is 0.461. The Kier molecular flexibility index (Phi) is 1.15. The summed E-state index contributed by atoms with van der Waals surface area (Å²) < 4.78 is 0. The molecule has 0 aromatic heterocycles. The summed E-state index contributed by atoms with van der Waals surface area (Å²) in [6.45, 7) is 7.31. The molecule has 0 radical (unpaired) electrons. The molecule has 1 heteroatoms. The molecule has 0 heterocycles. The third-order valence-electron chi connectivity index (χ3n) is 1.64. The van der Waals surface area contributed by atoms with E-state index in [-0.39, 0.29) is 7.26 Å². The largest absolute Gasteiger partial charge is 0.0692 e. The number of hydrogen-bond donors (Lipinski definition) is 0. The topological polar surface area (TPSA) is 0 Å². The molecule has 0 nitrogen and oxygen atoms in total. The molecule has 0 aromatic carbocycles. The van der Waals surface area contributed by atoms with Gasteiger partial charge in [-0.2, -0.15) is 0 Å². The molecule has 1 aliphatic rings. The highest BCUT2D eigenvalue weighted by Gasteiger charge is 2.40. The van der Waals surface area contributed by atoms with Crippen LogP contribution < -0.4 is 0 Å². The van der Waals surface area contributed by atoms with Crippen molar-refractivity contribution in [2.75, 3.05) is 20.0 Å². The summed E-state index contributed by atoms with van der Waals surface area (Å²) in [5.41, 5.74) is 1.16. The zero-order chi connectivity index (χ0) is 5.49. The minimum atomic E-state index is -0.377.